The van der Waals surface area contributed by atoms with Gasteiger partial charge in [0.1, 0.15) is 12.4 Å². The number of unbranched alkanes of at least 4 members (excludes halogenated alkanes) is 2. The Morgan fingerprint density at radius 1 is 1.17 bits per heavy atom. The molecule has 3 rings (SSSR count). The van der Waals surface area contributed by atoms with Crippen molar-refractivity contribution in [3.63, 3.8) is 0 Å². The first-order chi connectivity index (χ1) is 14.7. The first-order valence-electron chi connectivity index (χ1n) is 10.5. The van der Waals surface area contributed by atoms with Gasteiger partial charge in [0.2, 0.25) is 0 Å². The van der Waals surface area contributed by atoms with Gasteiger partial charge in [-0.2, -0.15) is 5.26 Å². The normalized spacial score (nSPS) is 10.7. The molecular formula is C24H28N4O2. The van der Waals surface area contributed by atoms with E-state index >= 15 is 0 Å². The summed E-state index contributed by atoms with van der Waals surface area (Å²) in [5, 5.41) is 12.0. The second-order valence-electron chi connectivity index (χ2n) is 7.29. The lowest BCUT2D eigenvalue weighted by molar-refractivity contribution is 0.139. The molecule has 0 fully saturated rings. The Morgan fingerprint density at radius 3 is 2.77 bits per heavy atom. The van der Waals surface area contributed by atoms with Crippen LogP contribution in [0.5, 0.6) is 0 Å². The minimum atomic E-state index is -0.378. The fraction of sp³-hybridized carbons (Fsp3) is 0.375. The maximum absolute atomic E-state index is 11.8. The third kappa shape index (κ3) is 5.84. The highest BCUT2D eigenvalue weighted by molar-refractivity contribution is 5.77. The lowest BCUT2D eigenvalue weighted by atomic mass is 10.2. The number of rotatable bonds is 10. The van der Waals surface area contributed by atoms with E-state index in [1.807, 2.05) is 48.5 Å². The molecule has 30 heavy (non-hydrogen) atoms. The zero-order valence-electron chi connectivity index (χ0n) is 17.4. The molecule has 0 atom stereocenters. The monoisotopic (exact) mass is 404 g/mol. The van der Waals surface area contributed by atoms with E-state index in [1.165, 1.54) is 0 Å². The van der Waals surface area contributed by atoms with Crippen molar-refractivity contribution in [2.24, 2.45) is 0 Å². The molecule has 1 heterocycles. The molecule has 0 aliphatic carbocycles. The van der Waals surface area contributed by atoms with Crippen molar-refractivity contribution in [1.82, 2.24) is 14.9 Å². The first-order valence-corrected chi connectivity index (χ1v) is 10.5. The minimum absolute atomic E-state index is 0.286. The van der Waals surface area contributed by atoms with Crippen LogP contribution in [0.15, 0.2) is 48.5 Å². The topological polar surface area (TPSA) is 79.9 Å². The zero-order chi connectivity index (χ0) is 21.2. The molecule has 3 aromatic rings. The van der Waals surface area contributed by atoms with Gasteiger partial charge in [-0.1, -0.05) is 43.7 Å². The molecule has 0 spiro atoms. The summed E-state index contributed by atoms with van der Waals surface area (Å²) in [7, 11) is 0. The number of carbonyl (C=O) groups excluding carboxylic acids is 1. The average Bonchev–Trinajstić information content (AvgIpc) is 3.12. The van der Waals surface area contributed by atoms with Gasteiger partial charge in [0, 0.05) is 19.5 Å². The van der Waals surface area contributed by atoms with Crippen molar-refractivity contribution in [2.75, 3.05) is 6.54 Å². The molecule has 0 saturated heterocycles. The number of hydrogen-bond donors (Lipinski definition) is 1. The maximum Gasteiger partial charge on any atom is 0.407 e. The van der Waals surface area contributed by atoms with Crippen LogP contribution in [0.25, 0.3) is 11.0 Å². The smallest absolute Gasteiger partial charge is 0.407 e. The fourth-order valence-electron chi connectivity index (χ4n) is 3.46. The number of amides is 1. The lowest BCUT2D eigenvalue weighted by Crippen LogP contribution is -2.25. The predicted molar refractivity (Wildman–Crippen MR) is 117 cm³/mol. The third-order valence-corrected chi connectivity index (χ3v) is 4.96. The van der Waals surface area contributed by atoms with Gasteiger partial charge in [-0.25, -0.2) is 9.78 Å². The summed E-state index contributed by atoms with van der Waals surface area (Å²) in [5.41, 5.74) is 3.62. The average molecular weight is 405 g/mol. The largest absolute Gasteiger partial charge is 0.445 e. The van der Waals surface area contributed by atoms with Gasteiger partial charge < -0.3 is 14.6 Å². The molecule has 0 saturated carbocycles. The van der Waals surface area contributed by atoms with Crippen molar-refractivity contribution in [1.29, 1.82) is 5.26 Å². The van der Waals surface area contributed by atoms with Gasteiger partial charge in [-0.3, -0.25) is 0 Å². The second-order valence-corrected chi connectivity index (χ2v) is 7.29. The van der Waals surface area contributed by atoms with Crippen LogP contribution in [0.4, 0.5) is 4.79 Å². The molecule has 0 bridgehead atoms. The maximum atomic E-state index is 11.8. The lowest BCUT2D eigenvalue weighted by Gasteiger charge is -2.09. The summed E-state index contributed by atoms with van der Waals surface area (Å²) in [4.78, 5) is 16.5. The second kappa shape index (κ2) is 11.0. The quantitative estimate of drug-likeness (QED) is 0.485. The molecule has 1 amide bonds. The molecule has 2 aromatic carbocycles. The van der Waals surface area contributed by atoms with E-state index < -0.39 is 0 Å². The number of carbonyl (C=O) groups is 1. The number of fused-ring (bicyclic) bond motifs is 1. The molecule has 0 radical (unpaired) electrons. The van der Waals surface area contributed by atoms with Crippen LogP contribution in [-0.2, 0) is 24.3 Å². The van der Waals surface area contributed by atoms with Crippen LogP contribution in [0.3, 0.4) is 0 Å². The van der Waals surface area contributed by atoms with Crippen molar-refractivity contribution >= 4 is 17.1 Å². The molecule has 6 nitrogen and oxygen atoms in total. The summed E-state index contributed by atoms with van der Waals surface area (Å²) in [6.07, 6.45) is 4.42. The number of alkyl carbamates (subject to hydrolysis) is 1. The van der Waals surface area contributed by atoms with Crippen LogP contribution in [0.2, 0.25) is 0 Å². The Bertz CT molecular complexity index is 1010. The van der Waals surface area contributed by atoms with Gasteiger partial charge in [-0.15, -0.1) is 0 Å². The Hall–Kier alpha value is -3.33. The van der Waals surface area contributed by atoms with Crippen LogP contribution in [0.1, 0.15) is 49.6 Å². The number of imidazole rings is 1. The number of aryl methyl sites for hydroxylation is 2. The number of nitrogens with zero attached hydrogens (tertiary/aromatic N) is 3. The van der Waals surface area contributed by atoms with Crippen LogP contribution in [-0.4, -0.2) is 22.2 Å². The van der Waals surface area contributed by atoms with Crippen LogP contribution in [0, 0.1) is 11.3 Å². The van der Waals surface area contributed by atoms with Crippen molar-refractivity contribution in [3.05, 3.63) is 65.5 Å². The van der Waals surface area contributed by atoms with Gasteiger partial charge in [0.05, 0.1) is 22.7 Å². The van der Waals surface area contributed by atoms with Crippen molar-refractivity contribution in [3.8, 4) is 6.07 Å². The van der Waals surface area contributed by atoms with Gasteiger partial charge in [-0.05, 0) is 43.0 Å². The molecule has 156 valence electrons. The molecule has 0 aliphatic heterocycles. The SMILES string of the molecule is CCCn1c(CCCCCNC(=O)OCc2ccccc2)nc2ccc(C#N)cc21. The Morgan fingerprint density at radius 2 is 2.00 bits per heavy atom. The number of hydrogen-bond acceptors (Lipinski definition) is 4. The van der Waals surface area contributed by atoms with E-state index in [9.17, 15) is 4.79 Å². The number of nitriles is 1. The van der Waals surface area contributed by atoms with E-state index in [1.54, 1.807) is 0 Å². The van der Waals surface area contributed by atoms with E-state index in [4.69, 9.17) is 15.0 Å². The summed E-state index contributed by atoms with van der Waals surface area (Å²) >= 11 is 0. The molecule has 1 N–H and O–H groups in total. The summed E-state index contributed by atoms with van der Waals surface area (Å²) in [5.74, 6) is 1.07. The standard InChI is InChI=1S/C24H28N4O2/c1-2-15-28-22-16-20(17-25)12-13-21(22)27-23(28)11-7-4-8-14-26-24(29)30-18-19-9-5-3-6-10-19/h3,5-6,9-10,12-13,16H,2,4,7-8,11,14-15,18H2,1H3,(H,26,29). The first kappa shape index (κ1) is 21.4. The van der Waals surface area contributed by atoms with Crippen molar-refractivity contribution < 1.29 is 9.53 Å². The van der Waals surface area contributed by atoms with Gasteiger partial charge >= 0.3 is 6.09 Å². The van der Waals surface area contributed by atoms with Crippen molar-refractivity contribution in [2.45, 2.75) is 52.2 Å². The molecular weight excluding hydrogens is 376 g/mol. The van der Waals surface area contributed by atoms with E-state index in [2.05, 4.69) is 22.9 Å². The molecule has 0 aliphatic rings. The van der Waals surface area contributed by atoms with Crippen LogP contribution < -0.4 is 5.32 Å². The highest BCUT2D eigenvalue weighted by Gasteiger charge is 2.11. The molecule has 1 aromatic heterocycles. The predicted octanol–water partition coefficient (Wildman–Crippen LogP) is 4.96. The summed E-state index contributed by atoms with van der Waals surface area (Å²) in [6, 6.07) is 17.5. The van der Waals surface area contributed by atoms with E-state index in [0.29, 0.717) is 12.1 Å². The van der Waals surface area contributed by atoms with Gasteiger partial charge in [0.15, 0.2) is 0 Å². The number of ether oxygens (including phenoxy) is 1. The Balaban J connectivity index is 1.41. The van der Waals surface area contributed by atoms with E-state index in [0.717, 1.165) is 61.1 Å². The number of nitrogens with one attached hydrogen (secondary N) is 1. The molecule has 0 unspecified atom stereocenters. The zero-order valence-corrected chi connectivity index (χ0v) is 17.4. The Labute approximate surface area is 177 Å². The minimum Gasteiger partial charge on any atom is -0.445 e. The summed E-state index contributed by atoms with van der Waals surface area (Å²) < 4.78 is 7.44. The van der Waals surface area contributed by atoms with Crippen LogP contribution >= 0.6 is 0 Å². The fourth-order valence-corrected chi connectivity index (χ4v) is 3.46. The third-order valence-electron chi connectivity index (χ3n) is 4.96. The van der Waals surface area contributed by atoms with Gasteiger partial charge in [0.25, 0.3) is 0 Å². The van der Waals surface area contributed by atoms with E-state index in [-0.39, 0.29) is 12.7 Å². The number of aromatic nitrogens is 2. The number of benzene rings is 2. The molecule has 6 heteroatoms. The summed E-state index contributed by atoms with van der Waals surface area (Å²) in [6.45, 7) is 3.93. The highest BCUT2D eigenvalue weighted by Crippen LogP contribution is 2.20. The Kier molecular flexibility index (Phi) is 7.85. The highest BCUT2D eigenvalue weighted by atomic mass is 16.5.